The van der Waals surface area contributed by atoms with E-state index >= 15 is 0 Å². The van der Waals surface area contributed by atoms with Crippen LogP contribution in [0.4, 0.5) is 0 Å². The number of H-pyrrole nitrogens is 1. The van der Waals surface area contributed by atoms with Crippen LogP contribution >= 0.6 is 0 Å². The number of nitrogens with zero attached hydrogens (tertiary/aromatic N) is 3. The Kier molecular flexibility index (Phi) is 5.75. The Morgan fingerprint density at radius 3 is 2.86 bits per heavy atom. The summed E-state index contributed by atoms with van der Waals surface area (Å²) >= 11 is 0. The summed E-state index contributed by atoms with van der Waals surface area (Å²) in [5.41, 5.74) is 2.49. The highest BCUT2D eigenvalue weighted by Crippen LogP contribution is 2.16. The molecule has 1 amide bonds. The molecule has 7 nitrogen and oxygen atoms in total. The molecule has 4 rings (SSSR count). The molecule has 0 spiro atoms. The summed E-state index contributed by atoms with van der Waals surface area (Å²) < 4.78 is 5.43. The quantitative estimate of drug-likeness (QED) is 0.643. The largest absolute Gasteiger partial charge is 0.379 e. The number of hydrogen-bond donors (Lipinski definition) is 2. The minimum absolute atomic E-state index is 0.0865. The van der Waals surface area contributed by atoms with E-state index in [2.05, 4.69) is 25.4 Å². The number of fused-ring (bicyclic) bond motifs is 1. The zero-order valence-electron chi connectivity index (χ0n) is 15.5. The van der Waals surface area contributed by atoms with Crippen molar-refractivity contribution in [2.24, 2.45) is 0 Å². The number of aromatic amines is 1. The van der Waals surface area contributed by atoms with Crippen LogP contribution in [0.2, 0.25) is 0 Å². The molecule has 28 heavy (non-hydrogen) atoms. The molecule has 0 unspecified atom stereocenters. The molecule has 0 saturated carbocycles. The fourth-order valence-corrected chi connectivity index (χ4v) is 3.34. The number of rotatable bonds is 6. The van der Waals surface area contributed by atoms with Crippen LogP contribution < -0.4 is 5.32 Å². The summed E-state index contributed by atoms with van der Waals surface area (Å²) in [6, 6.07) is 13.7. The average molecular weight is 377 g/mol. The first-order valence-electron chi connectivity index (χ1n) is 9.42. The lowest BCUT2D eigenvalue weighted by Crippen LogP contribution is -2.42. The Labute approximate surface area is 163 Å². The highest BCUT2D eigenvalue weighted by molar-refractivity contribution is 5.94. The third-order valence-electron chi connectivity index (χ3n) is 4.82. The van der Waals surface area contributed by atoms with Crippen molar-refractivity contribution < 1.29 is 9.53 Å². The predicted octanol–water partition coefficient (Wildman–Crippen LogP) is 2.16. The van der Waals surface area contributed by atoms with Crippen LogP contribution in [0.3, 0.4) is 0 Å². The predicted molar refractivity (Wildman–Crippen MR) is 108 cm³/mol. The summed E-state index contributed by atoms with van der Waals surface area (Å²) in [6.45, 7) is 3.97. The van der Waals surface area contributed by atoms with Gasteiger partial charge >= 0.3 is 0 Å². The second-order valence-electron chi connectivity index (χ2n) is 6.73. The zero-order valence-corrected chi connectivity index (χ0v) is 15.5. The zero-order chi connectivity index (χ0) is 19.2. The van der Waals surface area contributed by atoms with Gasteiger partial charge in [-0.2, -0.15) is 5.10 Å². The molecule has 1 atom stereocenters. The van der Waals surface area contributed by atoms with Crippen molar-refractivity contribution in [2.75, 3.05) is 32.8 Å². The minimum atomic E-state index is -0.145. The van der Waals surface area contributed by atoms with Gasteiger partial charge in [0.2, 0.25) is 5.91 Å². The van der Waals surface area contributed by atoms with Gasteiger partial charge in [-0.3, -0.25) is 14.8 Å². The number of morpholine rings is 1. The van der Waals surface area contributed by atoms with Gasteiger partial charge in [0.15, 0.2) is 5.65 Å². The monoisotopic (exact) mass is 377 g/mol. The van der Waals surface area contributed by atoms with Crippen LogP contribution in [0.15, 0.2) is 54.7 Å². The molecule has 1 aliphatic heterocycles. The lowest BCUT2D eigenvalue weighted by molar-refractivity contribution is -0.117. The molecule has 0 aliphatic carbocycles. The standard InChI is InChI=1S/C21H23N5O2/c27-20(9-8-18-17-7-4-10-22-21(17)25-24-18)23-19(16-5-2-1-3-6-16)15-26-11-13-28-14-12-26/h1-10,19H,11-15H2,(H,23,27)(H,22,24,25)/t19-/m1/s1. The number of carbonyl (C=O) groups excluding carboxylic acids is 1. The average Bonchev–Trinajstić information content (AvgIpc) is 3.16. The first-order chi connectivity index (χ1) is 13.8. The van der Waals surface area contributed by atoms with E-state index in [4.69, 9.17) is 4.74 Å². The molecule has 3 heterocycles. The summed E-state index contributed by atoms with van der Waals surface area (Å²) in [7, 11) is 0. The molecule has 7 heteroatoms. The molecule has 0 radical (unpaired) electrons. The van der Waals surface area contributed by atoms with Gasteiger partial charge in [-0.15, -0.1) is 0 Å². The molecule has 2 N–H and O–H groups in total. The SMILES string of the molecule is O=C(C=Cc1[nH]nc2ncccc12)N[C@H](CN1CCOCC1)c1ccccc1. The number of nitrogens with one attached hydrogen (secondary N) is 2. The summed E-state index contributed by atoms with van der Waals surface area (Å²) in [4.78, 5) is 19.1. The van der Waals surface area contributed by atoms with Crippen LogP contribution in [0.5, 0.6) is 0 Å². The van der Waals surface area contributed by atoms with Crippen molar-refractivity contribution in [2.45, 2.75) is 6.04 Å². The summed E-state index contributed by atoms with van der Waals surface area (Å²) in [6.07, 6.45) is 4.97. The Morgan fingerprint density at radius 1 is 1.21 bits per heavy atom. The molecule has 3 aromatic rings. The molecule has 0 bridgehead atoms. The topological polar surface area (TPSA) is 83.1 Å². The number of aromatic nitrogens is 3. The summed E-state index contributed by atoms with van der Waals surface area (Å²) in [5, 5.41) is 11.1. The van der Waals surface area contributed by atoms with E-state index in [9.17, 15) is 4.79 Å². The van der Waals surface area contributed by atoms with E-state index in [1.54, 1.807) is 12.3 Å². The van der Waals surface area contributed by atoms with Gasteiger partial charge in [-0.05, 0) is 23.8 Å². The first kappa shape index (κ1) is 18.3. The molecule has 2 aromatic heterocycles. The molecule has 1 fully saturated rings. The van der Waals surface area contributed by atoms with Crippen LogP contribution in [-0.4, -0.2) is 58.8 Å². The first-order valence-corrected chi connectivity index (χ1v) is 9.42. The van der Waals surface area contributed by atoms with Crippen LogP contribution in [0, 0.1) is 0 Å². The van der Waals surface area contributed by atoms with Gasteiger partial charge in [0.1, 0.15) is 0 Å². The second kappa shape index (κ2) is 8.77. The lowest BCUT2D eigenvalue weighted by Gasteiger charge is -2.31. The normalized spacial score (nSPS) is 16.4. The van der Waals surface area contributed by atoms with Crippen LogP contribution in [0.1, 0.15) is 17.3 Å². The van der Waals surface area contributed by atoms with Crippen molar-refractivity contribution in [3.05, 3.63) is 66.0 Å². The Morgan fingerprint density at radius 2 is 2.04 bits per heavy atom. The van der Waals surface area contributed by atoms with Crippen molar-refractivity contribution >= 4 is 23.0 Å². The Bertz CT molecular complexity index is 948. The smallest absolute Gasteiger partial charge is 0.244 e. The van der Waals surface area contributed by atoms with Gasteiger partial charge < -0.3 is 10.1 Å². The molecule has 1 saturated heterocycles. The fourth-order valence-electron chi connectivity index (χ4n) is 3.34. The van der Waals surface area contributed by atoms with E-state index in [0.29, 0.717) is 5.65 Å². The van der Waals surface area contributed by atoms with E-state index in [0.717, 1.165) is 49.5 Å². The highest BCUT2D eigenvalue weighted by atomic mass is 16.5. The number of hydrogen-bond acceptors (Lipinski definition) is 5. The number of ether oxygens (including phenoxy) is 1. The summed E-state index contributed by atoms with van der Waals surface area (Å²) in [5.74, 6) is -0.145. The van der Waals surface area contributed by atoms with E-state index < -0.39 is 0 Å². The molecule has 144 valence electrons. The van der Waals surface area contributed by atoms with E-state index in [1.165, 1.54) is 6.08 Å². The molecular weight excluding hydrogens is 354 g/mol. The fraction of sp³-hybridized carbons (Fsp3) is 0.286. The third-order valence-corrected chi connectivity index (χ3v) is 4.82. The van der Waals surface area contributed by atoms with Crippen LogP contribution in [0.25, 0.3) is 17.1 Å². The molecule has 1 aromatic carbocycles. The van der Waals surface area contributed by atoms with Crippen molar-refractivity contribution in [1.82, 2.24) is 25.4 Å². The maximum absolute atomic E-state index is 12.6. The van der Waals surface area contributed by atoms with Gasteiger partial charge in [0, 0.05) is 37.3 Å². The number of carbonyl (C=O) groups is 1. The lowest BCUT2D eigenvalue weighted by atomic mass is 10.1. The van der Waals surface area contributed by atoms with Gasteiger partial charge in [0.25, 0.3) is 0 Å². The van der Waals surface area contributed by atoms with Crippen molar-refractivity contribution in [3.8, 4) is 0 Å². The van der Waals surface area contributed by atoms with Crippen molar-refractivity contribution in [1.29, 1.82) is 0 Å². The number of amides is 1. The van der Waals surface area contributed by atoms with Crippen molar-refractivity contribution in [3.63, 3.8) is 0 Å². The number of pyridine rings is 1. The minimum Gasteiger partial charge on any atom is -0.379 e. The second-order valence-corrected chi connectivity index (χ2v) is 6.73. The van der Waals surface area contributed by atoms with Crippen LogP contribution in [-0.2, 0) is 9.53 Å². The highest BCUT2D eigenvalue weighted by Gasteiger charge is 2.19. The molecule has 1 aliphatic rings. The molecular formula is C21H23N5O2. The maximum Gasteiger partial charge on any atom is 0.244 e. The Hall–Kier alpha value is -3.03. The third kappa shape index (κ3) is 4.44. The Balaban J connectivity index is 1.46. The van der Waals surface area contributed by atoms with E-state index in [-0.39, 0.29) is 11.9 Å². The maximum atomic E-state index is 12.6. The van der Waals surface area contributed by atoms with E-state index in [1.807, 2.05) is 42.5 Å². The van der Waals surface area contributed by atoms with Gasteiger partial charge in [-0.25, -0.2) is 4.98 Å². The van der Waals surface area contributed by atoms with Gasteiger partial charge in [0.05, 0.1) is 24.9 Å². The van der Waals surface area contributed by atoms with Gasteiger partial charge in [-0.1, -0.05) is 30.3 Å². The number of benzene rings is 1.